The van der Waals surface area contributed by atoms with Gasteiger partial charge in [0.05, 0.1) is 7.11 Å². The topological polar surface area (TPSA) is 63.9 Å². The molecule has 1 aromatic rings. The Morgan fingerprint density at radius 1 is 1.80 bits per heavy atom. The van der Waals surface area contributed by atoms with E-state index in [1.807, 2.05) is 0 Å². The first-order valence-corrected chi connectivity index (χ1v) is 3.04. The third-order valence-corrected chi connectivity index (χ3v) is 1.27. The first-order chi connectivity index (χ1) is 4.74. The molecule has 0 fully saturated rings. The van der Waals surface area contributed by atoms with Crippen molar-refractivity contribution in [1.82, 2.24) is 10.2 Å². The van der Waals surface area contributed by atoms with Crippen LogP contribution in [0.25, 0.3) is 0 Å². The second kappa shape index (κ2) is 2.66. The van der Waals surface area contributed by atoms with E-state index in [1.54, 1.807) is 6.07 Å². The van der Waals surface area contributed by atoms with Gasteiger partial charge in [-0.3, -0.25) is 5.10 Å². The summed E-state index contributed by atoms with van der Waals surface area (Å²) in [5, 5.41) is 6.25. The molecule has 0 saturated carbocycles. The molecule has 0 bridgehead atoms. The van der Waals surface area contributed by atoms with Crippen LogP contribution in [0.15, 0.2) is 6.07 Å². The van der Waals surface area contributed by atoms with Crippen molar-refractivity contribution < 1.29 is 4.74 Å². The van der Waals surface area contributed by atoms with Gasteiger partial charge in [0.15, 0.2) is 0 Å². The van der Waals surface area contributed by atoms with E-state index >= 15 is 0 Å². The quantitative estimate of drug-likeness (QED) is 0.590. The number of nitrogens with one attached hydrogen (secondary N) is 1. The molecule has 0 aliphatic rings. The fourth-order valence-electron chi connectivity index (χ4n) is 0.552. The Bertz CT molecular complexity index is 282. The van der Waals surface area contributed by atoms with Crippen LogP contribution in [0.1, 0.15) is 0 Å². The first-order valence-electron chi connectivity index (χ1n) is 2.63. The molecular formula is C5H7N3OS. The van der Waals surface area contributed by atoms with Gasteiger partial charge in [0, 0.05) is 6.07 Å². The lowest BCUT2D eigenvalue weighted by molar-refractivity contribution is 0.390. The summed E-state index contributed by atoms with van der Waals surface area (Å²) < 4.78 is 5.31. The predicted molar refractivity (Wildman–Crippen MR) is 40.4 cm³/mol. The van der Waals surface area contributed by atoms with Gasteiger partial charge in [-0.2, -0.15) is 0 Å². The maximum atomic E-state index is 5.34. The monoisotopic (exact) mass is 157 g/mol. The SMILES string of the molecule is COc1n[nH]c(N)cc1=S. The van der Waals surface area contributed by atoms with Crippen molar-refractivity contribution in [3.05, 3.63) is 10.6 Å². The number of aromatic amines is 1. The lowest BCUT2D eigenvalue weighted by Gasteiger charge is -1.97. The van der Waals surface area contributed by atoms with Crippen LogP contribution in [0.5, 0.6) is 5.88 Å². The molecule has 0 unspecified atom stereocenters. The van der Waals surface area contributed by atoms with Crippen LogP contribution < -0.4 is 10.5 Å². The summed E-state index contributed by atoms with van der Waals surface area (Å²) in [6.07, 6.45) is 0. The minimum Gasteiger partial charge on any atom is -0.479 e. The summed E-state index contributed by atoms with van der Waals surface area (Å²) in [5.41, 5.74) is 5.34. The fourth-order valence-corrected chi connectivity index (χ4v) is 0.808. The number of rotatable bonds is 1. The smallest absolute Gasteiger partial charge is 0.249 e. The molecule has 0 aliphatic heterocycles. The van der Waals surface area contributed by atoms with Gasteiger partial charge >= 0.3 is 0 Å². The van der Waals surface area contributed by atoms with Gasteiger partial charge in [-0.15, -0.1) is 5.10 Å². The van der Waals surface area contributed by atoms with Crippen LogP contribution >= 0.6 is 12.2 Å². The number of aromatic nitrogens is 2. The predicted octanol–water partition coefficient (Wildman–Crippen LogP) is 0.730. The maximum absolute atomic E-state index is 5.34. The molecule has 54 valence electrons. The first kappa shape index (κ1) is 7.01. The van der Waals surface area contributed by atoms with Crippen molar-refractivity contribution in [3.8, 4) is 5.88 Å². The maximum Gasteiger partial charge on any atom is 0.249 e. The summed E-state index contributed by atoms with van der Waals surface area (Å²) in [6.45, 7) is 0. The van der Waals surface area contributed by atoms with E-state index in [-0.39, 0.29) is 0 Å². The van der Waals surface area contributed by atoms with Crippen molar-refractivity contribution in [2.45, 2.75) is 0 Å². The number of hydrogen-bond donors (Lipinski definition) is 2. The van der Waals surface area contributed by atoms with Crippen molar-refractivity contribution in [3.63, 3.8) is 0 Å². The molecule has 0 radical (unpaired) electrons. The lowest BCUT2D eigenvalue weighted by atomic mass is 10.5. The average molecular weight is 157 g/mol. The minimum atomic E-state index is 0.393. The molecule has 0 spiro atoms. The van der Waals surface area contributed by atoms with Gasteiger partial charge in [-0.05, 0) is 0 Å². The van der Waals surface area contributed by atoms with Gasteiger partial charge in [0.25, 0.3) is 0 Å². The Balaban J connectivity index is 3.20. The number of nitrogen functional groups attached to an aromatic ring is 1. The number of ether oxygens (including phenoxy) is 1. The number of H-pyrrole nitrogens is 1. The summed E-state index contributed by atoms with van der Waals surface area (Å²) in [4.78, 5) is 0. The van der Waals surface area contributed by atoms with E-state index in [0.717, 1.165) is 0 Å². The number of anilines is 1. The van der Waals surface area contributed by atoms with E-state index in [2.05, 4.69) is 10.2 Å². The second-order valence-corrected chi connectivity index (χ2v) is 2.14. The Hall–Kier alpha value is -1.10. The summed E-state index contributed by atoms with van der Waals surface area (Å²) >= 11 is 4.85. The lowest BCUT2D eigenvalue weighted by Crippen LogP contribution is -1.95. The van der Waals surface area contributed by atoms with Gasteiger partial charge in [-0.25, -0.2) is 0 Å². The Labute approximate surface area is 63.0 Å². The number of nitrogens with zero attached hydrogens (tertiary/aromatic N) is 1. The van der Waals surface area contributed by atoms with E-state index < -0.39 is 0 Å². The summed E-state index contributed by atoms with van der Waals surface area (Å²) in [7, 11) is 1.50. The molecule has 0 saturated heterocycles. The zero-order chi connectivity index (χ0) is 7.56. The average Bonchev–Trinajstić information content (AvgIpc) is 1.88. The molecule has 0 aromatic carbocycles. The Kier molecular flexibility index (Phi) is 1.86. The fraction of sp³-hybridized carbons (Fsp3) is 0.200. The van der Waals surface area contributed by atoms with Crippen LogP contribution in [0, 0.1) is 4.51 Å². The Morgan fingerprint density at radius 2 is 2.50 bits per heavy atom. The molecule has 1 rings (SSSR count). The number of methoxy groups -OCH3 is 1. The van der Waals surface area contributed by atoms with E-state index in [0.29, 0.717) is 16.2 Å². The molecule has 0 amide bonds. The molecule has 10 heavy (non-hydrogen) atoms. The minimum absolute atomic E-state index is 0.393. The van der Waals surface area contributed by atoms with Gasteiger partial charge in [0.2, 0.25) is 5.88 Å². The zero-order valence-corrected chi connectivity index (χ0v) is 6.23. The zero-order valence-electron chi connectivity index (χ0n) is 5.42. The normalized spacial score (nSPS) is 9.30. The molecule has 0 aliphatic carbocycles. The third kappa shape index (κ3) is 1.24. The van der Waals surface area contributed by atoms with Crippen LogP contribution in [-0.2, 0) is 0 Å². The van der Waals surface area contributed by atoms with Gasteiger partial charge in [0.1, 0.15) is 10.3 Å². The third-order valence-electron chi connectivity index (χ3n) is 0.977. The van der Waals surface area contributed by atoms with Crippen LogP contribution in [0.3, 0.4) is 0 Å². The molecule has 1 heterocycles. The van der Waals surface area contributed by atoms with Crippen LogP contribution in [-0.4, -0.2) is 17.3 Å². The van der Waals surface area contributed by atoms with E-state index in [9.17, 15) is 0 Å². The van der Waals surface area contributed by atoms with E-state index in [1.165, 1.54) is 7.11 Å². The van der Waals surface area contributed by atoms with Crippen LogP contribution in [0.2, 0.25) is 0 Å². The van der Waals surface area contributed by atoms with Crippen molar-refractivity contribution >= 4 is 18.0 Å². The summed E-state index contributed by atoms with van der Waals surface area (Å²) in [5.74, 6) is 0.829. The van der Waals surface area contributed by atoms with Gasteiger partial charge < -0.3 is 10.5 Å². The Morgan fingerprint density at radius 3 is 3.00 bits per heavy atom. The standard InChI is InChI=1S/C5H7N3OS/c1-9-5-3(10)2-4(6)7-8-5/h2H,1H3,(H3,6,7,10). The molecular weight excluding hydrogens is 150 g/mol. The molecule has 1 aromatic heterocycles. The highest BCUT2D eigenvalue weighted by atomic mass is 32.1. The number of hydrogen-bond acceptors (Lipinski definition) is 4. The molecule has 5 heteroatoms. The highest BCUT2D eigenvalue weighted by Crippen LogP contribution is 2.07. The highest BCUT2D eigenvalue weighted by Gasteiger charge is 1.94. The molecule has 0 atom stereocenters. The largest absolute Gasteiger partial charge is 0.479 e. The number of nitrogens with two attached hydrogens (primary N) is 1. The highest BCUT2D eigenvalue weighted by molar-refractivity contribution is 7.71. The van der Waals surface area contributed by atoms with Crippen molar-refractivity contribution in [2.75, 3.05) is 12.8 Å². The molecule has 4 nitrogen and oxygen atoms in total. The van der Waals surface area contributed by atoms with Crippen LogP contribution in [0.4, 0.5) is 5.82 Å². The van der Waals surface area contributed by atoms with Gasteiger partial charge in [-0.1, -0.05) is 12.2 Å². The van der Waals surface area contributed by atoms with Crippen molar-refractivity contribution in [2.24, 2.45) is 0 Å². The van der Waals surface area contributed by atoms with E-state index in [4.69, 9.17) is 22.7 Å². The van der Waals surface area contributed by atoms with Crippen molar-refractivity contribution in [1.29, 1.82) is 0 Å². The molecule has 3 N–H and O–H groups in total. The second-order valence-electron chi connectivity index (χ2n) is 1.70. The summed E-state index contributed by atoms with van der Waals surface area (Å²) in [6, 6.07) is 1.58.